The number of benzene rings is 5. The molecule has 7 rings (SSSR count). The quantitative estimate of drug-likeness (QED) is 0.145. The van der Waals surface area contributed by atoms with Gasteiger partial charge in [-0.25, -0.2) is 9.78 Å². The average Bonchev–Trinajstić information content (AvgIpc) is 3.56. The van der Waals surface area contributed by atoms with Crippen LogP contribution in [0.4, 0.5) is 4.79 Å². The van der Waals surface area contributed by atoms with E-state index < -0.39 is 6.29 Å². The lowest BCUT2D eigenvalue weighted by molar-refractivity contribution is -0.252. The van der Waals surface area contributed by atoms with E-state index in [4.69, 9.17) is 9.47 Å². The molecule has 5 aromatic carbocycles. The van der Waals surface area contributed by atoms with Crippen molar-refractivity contribution in [3.63, 3.8) is 0 Å². The Balaban J connectivity index is 1.07. The van der Waals surface area contributed by atoms with Crippen molar-refractivity contribution < 1.29 is 19.4 Å². The van der Waals surface area contributed by atoms with Gasteiger partial charge >= 0.3 is 6.03 Å². The zero-order valence-corrected chi connectivity index (χ0v) is 26.5. The molecule has 8 nitrogen and oxygen atoms in total. The minimum Gasteiger partial charge on any atom is -0.392 e. The fourth-order valence-corrected chi connectivity index (χ4v) is 6.20. The molecule has 8 heteroatoms. The largest absolute Gasteiger partial charge is 0.392 e. The standard InChI is InChI=1S/C40H38N4O4/c45-26-29-14-16-31(17-15-29)38-22-34(25-44-27-43-36-12-6-7-13-37(36)44)47-39(48-38)32-20-18-30(19-21-32)35-11-5-4-10-33(35)24-42-40(46)41-23-28-8-2-1-3-9-28/h1-21,27,34,38-39,45H,22-26H2,(H2,41,42,46). The van der Waals surface area contributed by atoms with Gasteiger partial charge in [-0.3, -0.25) is 0 Å². The van der Waals surface area contributed by atoms with Gasteiger partial charge in [-0.2, -0.15) is 0 Å². The summed E-state index contributed by atoms with van der Waals surface area (Å²) in [5, 5.41) is 15.5. The highest BCUT2D eigenvalue weighted by Crippen LogP contribution is 2.39. The Labute approximate surface area is 280 Å². The number of carbonyl (C=O) groups excluding carboxylic acids is 1. The van der Waals surface area contributed by atoms with E-state index in [-0.39, 0.29) is 24.8 Å². The SMILES string of the molecule is O=C(NCc1ccccc1)NCc1ccccc1-c1ccc(C2OC(Cn3cnc4ccccc43)CC(c3ccc(CO)cc3)O2)cc1. The molecule has 242 valence electrons. The van der Waals surface area contributed by atoms with Crippen molar-refractivity contribution in [2.45, 2.75) is 51.2 Å². The summed E-state index contributed by atoms with van der Waals surface area (Å²) in [6.45, 7) is 1.51. The molecular formula is C40H38N4O4. The highest BCUT2D eigenvalue weighted by Gasteiger charge is 2.32. The fourth-order valence-electron chi connectivity index (χ4n) is 6.20. The Hall–Kier alpha value is -5.28. The number of hydrogen-bond acceptors (Lipinski definition) is 5. The number of nitrogens with zero attached hydrogens (tertiary/aromatic N) is 2. The van der Waals surface area contributed by atoms with E-state index in [1.165, 1.54) is 0 Å². The molecule has 3 unspecified atom stereocenters. The lowest BCUT2D eigenvalue weighted by atomic mass is 9.97. The predicted octanol–water partition coefficient (Wildman–Crippen LogP) is 7.44. The molecule has 0 spiro atoms. The van der Waals surface area contributed by atoms with Crippen LogP contribution in [0.1, 0.15) is 46.6 Å². The highest BCUT2D eigenvalue weighted by atomic mass is 16.7. The van der Waals surface area contributed by atoms with Crippen molar-refractivity contribution in [3.8, 4) is 11.1 Å². The molecule has 1 aliphatic heterocycles. The zero-order chi connectivity index (χ0) is 32.7. The molecule has 2 heterocycles. The lowest BCUT2D eigenvalue weighted by Gasteiger charge is -2.36. The van der Waals surface area contributed by atoms with Crippen molar-refractivity contribution >= 4 is 17.1 Å². The van der Waals surface area contributed by atoms with Gasteiger partial charge in [0.25, 0.3) is 0 Å². The van der Waals surface area contributed by atoms with Gasteiger partial charge in [0.2, 0.25) is 0 Å². The van der Waals surface area contributed by atoms with Crippen LogP contribution in [0.25, 0.3) is 22.2 Å². The third kappa shape index (κ3) is 7.31. The number of fused-ring (bicyclic) bond motifs is 1. The second-order valence-corrected chi connectivity index (χ2v) is 12.0. The van der Waals surface area contributed by atoms with E-state index in [9.17, 15) is 9.90 Å². The zero-order valence-electron chi connectivity index (χ0n) is 26.5. The van der Waals surface area contributed by atoms with Crippen LogP contribution in [-0.2, 0) is 35.7 Å². The number of amides is 2. The topological polar surface area (TPSA) is 97.6 Å². The molecule has 48 heavy (non-hydrogen) atoms. The summed E-state index contributed by atoms with van der Waals surface area (Å²) in [5.74, 6) is 0. The molecular weight excluding hydrogens is 600 g/mol. The maximum absolute atomic E-state index is 12.5. The molecule has 3 N–H and O–H groups in total. The van der Waals surface area contributed by atoms with Gasteiger partial charge in [0.15, 0.2) is 6.29 Å². The third-order valence-electron chi connectivity index (χ3n) is 8.79. The van der Waals surface area contributed by atoms with E-state index in [2.05, 4.69) is 56.6 Å². The summed E-state index contributed by atoms with van der Waals surface area (Å²) < 4.78 is 15.4. The van der Waals surface area contributed by atoms with Gasteiger partial charge in [-0.15, -0.1) is 0 Å². The molecule has 3 atom stereocenters. The summed E-state index contributed by atoms with van der Waals surface area (Å²) in [6.07, 6.45) is 1.68. The number of aliphatic hydroxyl groups excluding tert-OH is 1. The third-order valence-corrected chi connectivity index (χ3v) is 8.79. The summed E-state index contributed by atoms with van der Waals surface area (Å²) in [4.78, 5) is 17.1. The average molecular weight is 639 g/mol. The number of rotatable bonds is 10. The summed E-state index contributed by atoms with van der Waals surface area (Å²) >= 11 is 0. The summed E-state index contributed by atoms with van der Waals surface area (Å²) in [5.41, 5.74) is 9.01. The molecule has 1 aliphatic rings. The van der Waals surface area contributed by atoms with Crippen molar-refractivity contribution in [3.05, 3.63) is 162 Å². The van der Waals surface area contributed by atoms with E-state index in [1.54, 1.807) is 0 Å². The number of para-hydroxylation sites is 2. The van der Waals surface area contributed by atoms with Crippen LogP contribution in [0.5, 0.6) is 0 Å². The Kier molecular flexibility index (Phi) is 9.56. The molecule has 1 aromatic heterocycles. The number of carbonyl (C=O) groups is 1. The first kappa shape index (κ1) is 31.3. The second kappa shape index (κ2) is 14.6. The fraction of sp³-hybridized carbons (Fsp3) is 0.200. The second-order valence-electron chi connectivity index (χ2n) is 12.0. The molecule has 0 radical (unpaired) electrons. The van der Waals surface area contributed by atoms with Crippen LogP contribution in [0, 0.1) is 0 Å². The van der Waals surface area contributed by atoms with Crippen LogP contribution in [0.3, 0.4) is 0 Å². The van der Waals surface area contributed by atoms with Crippen LogP contribution in [0.2, 0.25) is 0 Å². The monoisotopic (exact) mass is 638 g/mol. The van der Waals surface area contributed by atoms with Crippen molar-refractivity contribution in [2.75, 3.05) is 0 Å². The number of nitrogens with one attached hydrogen (secondary N) is 2. The predicted molar refractivity (Wildman–Crippen MR) is 186 cm³/mol. The van der Waals surface area contributed by atoms with Gasteiger partial charge in [0.1, 0.15) is 0 Å². The van der Waals surface area contributed by atoms with Gasteiger partial charge in [-0.1, -0.05) is 115 Å². The van der Waals surface area contributed by atoms with E-state index >= 15 is 0 Å². The minimum absolute atomic E-state index is 0.000857. The van der Waals surface area contributed by atoms with Crippen molar-refractivity contribution in [1.29, 1.82) is 0 Å². The normalized spacial score (nSPS) is 17.6. The van der Waals surface area contributed by atoms with Gasteiger partial charge < -0.3 is 29.8 Å². The van der Waals surface area contributed by atoms with Gasteiger partial charge in [0, 0.05) is 25.1 Å². The van der Waals surface area contributed by atoms with Crippen molar-refractivity contribution in [1.82, 2.24) is 20.2 Å². The Morgan fingerprint density at radius 2 is 1.46 bits per heavy atom. The number of aliphatic hydroxyl groups is 1. The molecule has 2 amide bonds. The molecule has 0 saturated carbocycles. The number of hydrogen-bond donors (Lipinski definition) is 3. The van der Waals surface area contributed by atoms with Crippen LogP contribution in [-0.4, -0.2) is 26.8 Å². The number of imidazole rings is 1. The van der Waals surface area contributed by atoms with Crippen molar-refractivity contribution in [2.24, 2.45) is 0 Å². The van der Waals surface area contributed by atoms with Gasteiger partial charge in [-0.05, 0) is 45.5 Å². The first-order valence-electron chi connectivity index (χ1n) is 16.3. The highest BCUT2D eigenvalue weighted by molar-refractivity contribution is 5.75. The van der Waals surface area contributed by atoms with Crippen LogP contribution < -0.4 is 10.6 Å². The summed E-state index contributed by atoms with van der Waals surface area (Å²) in [7, 11) is 0. The Bertz CT molecular complexity index is 1960. The minimum atomic E-state index is -0.569. The molecule has 0 aliphatic carbocycles. The van der Waals surface area contributed by atoms with Gasteiger partial charge in [0.05, 0.1) is 42.7 Å². The number of ether oxygens (including phenoxy) is 2. The van der Waals surface area contributed by atoms with E-state index in [1.807, 2.05) is 97.3 Å². The molecule has 6 aromatic rings. The maximum atomic E-state index is 12.5. The molecule has 1 saturated heterocycles. The Morgan fingerprint density at radius 1 is 0.750 bits per heavy atom. The van der Waals surface area contributed by atoms with E-state index in [0.29, 0.717) is 26.1 Å². The first-order valence-corrected chi connectivity index (χ1v) is 16.3. The van der Waals surface area contributed by atoms with Crippen LogP contribution >= 0.6 is 0 Å². The Morgan fingerprint density at radius 3 is 2.27 bits per heavy atom. The van der Waals surface area contributed by atoms with E-state index in [0.717, 1.165) is 50.0 Å². The maximum Gasteiger partial charge on any atom is 0.315 e. The number of aromatic nitrogens is 2. The lowest BCUT2D eigenvalue weighted by Crippen LogP contribution is -2.34. The van der Waals surface area contributed by atoms with Crippen LogP contribution in [0.15, 0.2) is 134 Å². The summed E-state index contributed by atoms with van der Waals surface area (Å²) in [6, 6.07) is 42.0. The first-order chi connectivity index (χ1) is 23.6. The number of urea groups is 1. The molecule has 1 fully saturated rings. The molecule has 0 bridgehead atoms. The smallest absolute Gasteiger partial charge is 0.315 e.